The average Bonchev–Trinajstić information content (AvgIpc) is 3.22. The Morgan fingerprint density at radius 2 is 2.15 bits per heavy atom. The summed E-state index contributed by atoms with van der Waals surface area (Å²) in [7, 11) is 0. The van der Waals surface area contributed by atoms with Crippen LogP contribution in [0.15, 0.2) is 22.6 Å². The summed E-state index contributed by atoms with van der Waals surface area (Å²) in [5.74, 6) is -0.619. The van der Waals surface area contributed by atoms with E-state index in [9.17, 15) is 14.4 Å². The lowest BCUT2D eigenvalue weighted by Gasteiger charge is -2.42. The molecule has 2 fully saturated rings. The Kier molecular flexibility index (Phi) is 4.49. The summed E-state index contributed by atoms with van der Waals surface area (Å²) < 4.78 is 1.37. The number of nitrogens with one attached hydrogen (secondary N) is 1. The van der Waals surface area contributed by atoms with E-state index >= 15 is 0 Å². The molecule has 0 atom stereocenters. The standard InChI is InChI=1S/C17H20N4O4S/c22-14(23)9-20(8-10-1-2-10)12-5-11(6-12)19-15(24)13-7-18-17-21(16(13)25)3-4-26-17/h3-4,7,10-12H,1-2,5-6,8-9H2,(H,19,24)(H,22,23). The predicted octanol–water partition coefficient (Wildman–Crippen LogP) is 0.813. The molecular weight excluding hydrogens is 356 g/mol. The van der Waals surface area contributed by atoms with Gasteiger partial charge in [0.1, 0.15) is 5.56 Å². The average molecular weight is 376 g/mol. The van der Waals surface area contributed by atoms with Crippen LogP contribution < -0.4 is 10.9 Å². The molecule has 0 aromatic carbocycles. The van der Waals surface area contributed by atoms with Crippen LogP contribution in [0.1, 0.15) is 36.0 Å². The molecule has 1 amide bonds. The number of nitrogens with zero attached hydrogens (tertiary/aromatic N) is 3. The number of hydrogen-bond donors (Lipinski definition) is 2. The molecule has 0 spiro atoms. The first-order chi connectivity index (χ1) is 12.5. The molecule has 138 valence electrons. The van der Waals surface area contributed by atoms with Gasteiger partial charge >= 0.3 is 5.97 Å². The van der Waals surface area contributed by atoms with Gasteiger partial charge in [-0.2, -0.15) is 0 Å². The monoisotopic (exact) mass is 376 g/mol. The molecule has 0 radical (unpaired) electrons. The van der Waals surface area contributed by atoms with Gasteiger partial charge in [0.2, 0.25) is 0 Å². The quantitative estimate of drug-likeness (QED) is 0.741. The Morgan fingerprint density at radius 1 is 1.38 bits per heavy atom. The molecule has 2 aliphatic rings. The van der Waals surface area contributed by atoms with Crippen LogP contribution in [0, 0.1) is 5.92 Å². The molecule has 2 aromatic rings. The first-order valence-corrected chi connectivity index (χ1v) is 9.61. The minimum Gasteiger partial charge on any atom is -0.480 e. The van der Waals surface area contributed by atoms with E-state index in [0.717, 1.165) is 6.54 Å². The van der Waals surface area contributed by atoms with E-state index in [1.165, 1.54) is 34.8 Å². The Bertz CT molecular complexity index is 898. The van der Waals surface area contributed by atoms with Crippen molar-refractivity contribution in [2.45, 2.75) is 37.8 Å². The summed E-state index contributed by atoms with van der Waals surface area (Å²) in [5.41, 5.74) is -0.337. The molecule has 2 N–H and O–H groups in total. The lowest BCUT2D eigenvalue weighted by Crippen LogP contribution is -2.55. The van der Waals surface area contributed by atoms with Crippen LogP contribution in [0.25, 0.3) is 4.96 Å². The Morgan fingerprint density at radius 3 is 2.85 bits per heavy atom. The van der Waals surface area contributed by atoms with Gasteiger partial charge in [-0.25, -0.2) is 4.98 Å². The van der Waals surface area contributed by atoms with Crippen molar-refractivity contribution in [1.82, 2.24) is 19.6 Å². The second-order valence-corrected chi connectivity index (χ2v) is 7.97. The van der Waals surface area contributed by atoms with E-state index < -0.39 is 11.9 Å². The summed E-state index contributed by atoms with van der Waals surface area (Å²) in [6.07, 6.45) is 6.69. The van der Waals surface area contributed by atoms with Crippen molar-refractivity contribution in [3.8, 4) is 0 Å². The van der Waals surface area contributed by atoms with Crippen LogP contribution in [-0.4, -0.2) is 56.4 Å². The molecule has 0 saturated heterocycles. The van der Waals surface area contributed by atoms with E-state index in [1.54, 1.807) is 11.6 Å². The maximum Gasteiger partial charge on any atom is 0.317 e. The van der Waals surface area contributed by atoms with Gasteiger partial charge in [-0.3, -0.25) is 23.7 Å². The fourth-order valence-corrected chi connectivity index (χ4v) is 4.07. The van der Waals surface area contributed by atoms with Gasteiger partial charge in [0.05, 0.1) is 6.54 Å². The Labute approximate surface area is 153 Å². The maximum absolute atomic E-state index is 12.4. The number of carbonyl (C=O) groups is 2. The lowest BCUT2D eigenvalue weighted by molar-refractivity contribution is -0.139. The van der Waals surface area contributed by atoms with Crippen LogP contribution in [0.4, 0.5) is 0 Å². The van der Waals surface area contributed by atoms with Crippen LogP contribution >= 0.6 is 11.3 Å². The summed E-state index contributed by atoms with van der Waals surface area (Å²) in [4.78, 5) is 42.5. The molecule has 2 heterocycles. The highest BCUT2D eigenvalue weighted by Crippen LogP contribution is 2.33. The molecule has 9 heteroatoms. The van der Waals surface area contributed by atoms with E-state index in [0.29, 0.717) is 23.7 Å². The van der Waals surface area contributed by atoms with Crippen LogP contribution in [0.5, 0.6) is 0 Å². The number of thiazole rings is 1. The number of fused-ring (bicyclic) bond motifs is 1. The normalized spacial score (nSPS) is 22.3. The molecule has 2 aromatic heterocycles. The third-order valence-corrected chi connectivity index (χ3v) is 5.85. The van der Waals surface area contributed by atoms with Crippen molar-refractivity contribution < 1.29 is 14.7 Å². The zero-order valence-electron chi connectivity index (χ0n) is 14.1. The molecule has 26 heavy (non-hydrogen) atoms. The summed E-state index contributed by atoms with van der Waals surface area (Å²) in [6, 6.07) is 0.140. The largest absolute Gasteiger partial charge is 0.480 e. The molecule has 0 bridgehead atoms. The van der Waals surface area contributed by atoms with Gasteiger partial charge in [-0.1, -0.05) is 0 Å². The topological polar surface area (TPSA) is 104 Å². The summed E-state index contributed by atoms with van der Waals surface area (Å²) in [5, 5.41) is 13.7. The number of carbonyl (C=O) groups excluding carboxylic acids is 1. The highest BCUT2D eigenvalue weighted by molar-refractivity contribution is 7.15. The maximum atomic E-state index is 12.4. The van der Waals surface area contributed by atoms with E-state index in [2.05, 4.69) is 10.3 Å². The number of hydrogen-bond acceptors (Lipinski definition) is 6. The van der Waals surface area contributed by atoms with Crippen LogP contribution in [0.2, 0.25) is 0 Å². The SMILES string of the molecule is O=C(O)CN(CC1CC1)C1CC(NC(=O)c2cnc3sccn3c2=O)C1. The zero-order chi connectivity index (χ0) is 18.3. The molecular formula is C17H20N4O4S. The van der Waals surface area contributed by atoms with Gasteiger partial charge in [-0.05, 0) is 31.6 Å². The van der Waals surface area contributed by atoms with Crippen molar-refractivity contribution in [2.24, 2.45) is 5.92 Å². The number of aromatic nitrogens is 2. The van der Waals surface area contributed by atoms with Crippen LogP contribution in [0.3, 0.4) is 0 Å². The minimum absolute atomic E-state index is 0.0322. The second-order valence-electron chi connectivity index (χ2n) is 7.09. The van der Waals surface area contributed by atoms with E-state index in [-0.39, 0.29) is 29.8 Å². The fourth-order valence-electron chi connectivity index (χ4n) is 3.40. The van der Waals surface area contributed by atoms with E-state index in [4.69, 9.17) is 5.11 Å². The predicted molar refractivity (Wildman–Crippen MR) is 95.5 cm³/mol. The van der Waals surface area contributed by atoms with Crippen molar-refractivity contribution in [2.75, 3.05) is 13.1 Å². The highest BCUT2D eigenvalue weighted by atomic mass is 32.1. The first kappa shape index (κ1) is 17.2. The molecule has 8 nitrogen and oxygen atoms in total. The first-order valence-electron chi connectivity index (χ1n) is 8.73. The molecule has 0 unspecified atom stereocenters. The fraction of sp³-hybridized carbons (Fsp3) is 0.529. The van der Waals surface area contributed by atoms with Crippen molar-refractivity contribution in [1.29, 1.82) is 0 Å². The van der Waals surface area contributed by atoms with Gasteiger partial charge in [0, 0.05) is 36.4 Å². The summed E-state index contributed by atoms with van der Waals surface area (Å²) >= 11 is 1.34. The minimum atomic E-state index is -0.818. The van der Waals surface area contributed by atoms with Crippen LogP contribution in [-0.2, 0) is 4.79 Å². The third kappa shape index (κ3) is 3.49. The number of rotatable bonds is 7. The summed E-state index contributed by atoms with van der Waals surface area (Å²) in [6.45, 7) is 0.861. The number of aliphatic carboxylic acids is 1. The lowest BCUT2D eigenvalue weighted by atomic mass is 9.85. The van der Waals surface area contributed by atoms with Crippen molar-refractivity contribution >= 4 is 28.2 Å². The molecule has 4 rings (SSSR count). The van der Waals surface area contributed by atoms with Gasteiger partial charge in [0.15, 0.2) is 4.96 Å². The van der Waals surface area contributed by atoms with Gasteiger partial charge < -0.3 is 10.4 Å². The van der Waals surface area contributed by atoms with Gasteiger partial charge in [-0.15, -0.1) is 11.3 Å². The third-order valence-electron chi connectivity index (χ3n) is 5.08. The number of carboxylic acid groups (broad SMARTS) is 1. The Balaban J connectivity index is 1.36. The molecule has 2 aliphatic carbocycles. The second kappa shape index (κ2) is 6.81. The molecule has 0 aliphatic heterocycles. The number of amides is 1. The Hall–Kier alpha value is -2.26. The smallest absolute Gasteiger partial charge is 0.317 e. The highest BCUT2D eigenvalue weighted by Gasteiger charge is 2.38. The van der Waals surface area contributed by atoms with Crippen molar-refractivity contribution in [3.63, 3.8) is 0 Å². The van der Waals surface area contributed by atoms with Crippen molar-refractivity contribution in [3.05, 3.63) is 33.7 Å². The zero-order valence-corrected chi connectivity index (χ0v) is 14.9. The van der Waals surface area contributed by atoms with E-state index in [1.807, 2.05) is 4.90 Å². The van der Waals surface area contributed by atoms with Gasteiger partial charge in [0.25, 0.3) is 11.5 Å². The number of carboxylic acids is 1. The molecule has 2 saturated carbocycles.